The number of aromatic nitrogens is 3. The first-order valence-corrected chi connectivity index (χ1v) is 7.92. The molecular formula is C18H20N4O. The van der Waals surface area contributed by atoms with E-state index in [0.717, 1.165) is 37.3 Å². The number of rotatable bonds is 3. The van der Waals surface area contributed by atoms with Crippen LogP contribution in [0.25, 0.3) is 11.5 Å². The van der Waals surface area contributed by atoms with Gasteiger partial charge in [0, 0.05) is 44.4 Å². The minimum Gasteiger partial charge on any atom is -0.444 e. The summed E-state index contributed by atoms with van der Waals surface area (Å²) in [5.41, 5.74) is 5.76. The van der Waals surface area contributed by atoms with Crippen LogP contribution in [0.2, 0.25) is 0 Å². The van der Waals surface area contributed by atoms with Crippen molar-refractivity contribution in [1.82, 2.24) is 19.4 Å². The third-order valence-electron chi connectivity index (χ3n) is 4.42. The molecule has 0 N–H and O–H groups in total. The zero-order valence-electron chi connectivity index (χ0n) is 13.5. The van der Waals surface area contributed by atoms with Crippen LogP contribution < -0.4 is 0 Å². The van der Waals surface area contributed by atoms with Gasteiger partial charge < -0.3 is 8.98 Å². The Kier molecular flexibility index (Phi) is 3.50. The van der Waals surface area contributed by atoms with Gasteiger partial charge in [0.25, 0.3) is 0 Å². The molecule has 0 bridgehead atoms. The highest BCUT2D eigenvalue weighted by molar-refractivity contribution is 5.53. The molecule has 4 rings (SSSR count). The van der Waals surface area contributed by atoms with Crippen molar-refractivity contribution < 1.29 is 4.42 Å². The lowest BCUT2D eigenvalue weighted by atomic mass is 10.1. The SMILES string of the molecule is Cc1ccc(-c2nc(CN3CCc4c(ncn4C)C3)co2)cc1. The molecule has 23 heavy (non-hydrogen) atoms. The topological polar surface area (TPSA) is 47.1 Å². The lowest BCUT2D eigenvalue weighted by molar-refractivity contribution is 0.237. The van der Waals surface area contributed by atoms with E-state index in [9.17, 15) is 0 Å². The summed E-state index contributed by atoms with van der Waals surface area (Å²) in [4.78, 5) is 11.5. The molecule has 1 aliphatic heterocycles. The molecule has 0 radical (unpaired) electrons. The Bertz CT molecular complexity index is 816. The second kappa shape index (κ2) is 5.66. The predicted molar refractivity (Wildman–Crippen MR) is 87.7 cm³/mol. The Morgan fingerprint density at radius 2 is 2.04 bits per heavy atom. The minimum atomic E-state index is 0.690. The van der Waals surface area contributed by atoms with E-state index in [2.05, 4.69) is 45.5 Å². The van der Waals surface area contributed by atoms with Gasteiger partial charge in [-0.1, -0.05) is 17.7 Å². The van der Waals surface area contributed by atoms with E-state index in [-0.39, 0.29) is 0 Å². The van der Waals surface area contributed by atoms with Crippen molar-refractivity contribution in [2.75, 3.05) is 6.54 Å². The molecule has 0 aliphatic carbocycles. The Labute approximate surface area is 135 Å². The lowest BCUT2D eigenvalue weighted by Gasteiger charge is -2.25. The van der Waals surface area contributed by atoms with Crippen LogP contribution in [-0.4, -0.2) is 26.0 Å². The van der Waals surface area contributed by atoms with Crippen LogP contribution in [0.1, 0.15) is 22.6 Å². The van der Waals surface area contributed by atoms with Crippen LogP contribution in [0.15, 0.2) is 41.3 Å². The molecule has 1 aromatic carbocycles. The Balaban J connectivity index is 1.47. The number of aryl methyl sites for hydroxylation is 2. The van der Waals surface area contributed by atoms with Gasteiger partial charge >= 0.3 is 0 Å². The van der Waals surface area contributed by atoms with E-state index in [0.29, 0.717) is 5.89 Å². The number of hydrogen-bond acceptors (Lipinski definition) is 4. The summed E-state index contributed by atoms with van der Waals surface area (Å²) in [5, 5.41) is 0. The third-order valence-corrected chi connectivity index (χ3v) is 4.42. The van der Waals surface area contributed by atoms with Crippen LogP contribution in [0.5, 0.6) is 0 Å². The molecular weight excluding hydrogens is 288 g/mol. The highest BCUT2D eigenvalue weighted by Crippen LogP contribution is 2.22. The molecule has 3 aromatic rings. The lowest BCUT2D eigenvalue weighted by Crippen LogP contribution is -2.30. The molecule has 5 heteroatoms. The zero-order chi connectivity index (χ0) is 15.8. The first-order chi connectivity index (χ1) is 11.2. The van der Waals surface area contributed by atoms with Crippen LogP contribution in [0, 0.1) is 6.92 Å². The first-order valence-electron chi connectivity index (χ1n) is 7.92. The van der Waals surface area contributed by atoms with E-state index in [4.69, 9.17) is 4.42 Å². The van der Waals surface area contributed by atoms with Crippen LogP contribution >= 0.6 is 0 Å². The highest BCUT2D eigenvalue weighted by atomic mass is 16.3. The molecule has 2 aromatic heterocycles. The molecule has 0 saturated carbocycles. The van der Waals surface area contributed by atoms with E-state index < -0.39 is 0 Å². The standard InChI is InChI=1S/C18H20N4O/c1-13-3-5-14(6-4-13)18-20-15(11-23-18)9-22-8-7-17-16(10-22)19-12-21(17)2/h3-6,11-12H,7-10H2,1-2H3. The minimum absolute atomic E-state index is 0.690. The fraction of sp³-hybridized carbons (Fsp3) is 0.333. The highest BCUT2D eigenvalue weighted by Gasteiger charge is 2.21. The average Bonchev–Trinajstić information content (AvgIpc) is 3.16. The van der Waals surface area contributed by atoms with Crippen LogP contribution in [0.4, 0.5) is 0 Å². The van der Waals surface area contributed by atoms with E-state index in [1.54, 1.807) is 6.26 Å². The zero-order valence-corrected chi connectivity index (χ0v) is 13.5. The molecule has 0 fully saturated rings. The summed E-state index contributed by atoms with van der Waals surface area (Å²) in [6, 6.07) is 8.25. The molecule has 5 nitrogen and oxygen atoms in total. The summed E-state index contributed by atoms with van der Waals surface area (Å²) in [6.45, 7) is 4.78. The van der Waals surface area contributed by atoms with Crippen LogP contribution in [0.3, 0.4) is 0 Å². The molecule has 0 spiro atoms. The van der Waals surface area contributed by atoms with Gasteiger partial charge in [-0.05, 0) is 19.1 Å². The summed E-state index contributed by atoms with van der Waals surface area (Å²) in [6.07, 6.45) is 4.71. The Morgan fingerprint density at radius 1 is 1.22 bits per heavy atom. The second-order valence-electron chi connectivity index (χ2n) is 6.22. The van der Waals surface area contributed by atoms with Gasteiger partial charge in [-0.25, -0.2) is 9.97 Å². The summed E-state index contributed by atoms with van der Waals surface area (Å²) in [7, 11) is 2.06. The molecule has 0 saturated heterocycles. The van der Waals surface area contributed by atoms with Gasteiger partial charge in [-0.3, -0.25) is 4.90 Å². The number of oxazole rings is 1. The van der Waals surface area contributed by atoms with Crippen molar-refractivity contribution in [2.24, 2.45) is 7.05 Å². The predicted octanol–water partition coefficient (Wildman–Crippen LogP) is 2.94. The van der Waals surface area contributed by atoms with Gasteiger partial charge in [-0.2, -0.15) is 0 Å². The second-order valence-corrected chi connectivity index (χ2v) is 6.22. The van der Waals surface area contributed by atoms with Crippen molar-refractivity contribution >= 4 is 0 Å². The van der Waals surface area contributed by atoms with Crippen LogP contribution in [-0.2, 0) is 26.6 Å². The van der Waals surface area contributed by atoms with E-state index in [1.165, 1.54) is 17.0 Å². The first kappa shape index (κ1) is 14.2. The molecule has 3 heterocycles. The smallest absolute Gasteiger partial charge is 0.226 e. The normalized spacial score (nSPS) is 14.9. The van der Waals surface area contributed by atoms with E-state index in [1.807, 2.05) is 18.5 Å². The maximum atomic E-state index is 5.65. The Morgan fingerprint density at radius 3 is 2.87 bits per heavy atom. The summed E-state index contributed by atoms with van der Waals surface area (Å²) in [5.74, 6) is 0.690. The molecule has 0 unspecified atom stereocenters. The maximum absolute atomic E-state index is 5.65. The summed E-state index contributed by atoms with van der Waals surface area (Å²) >= 11 is 0. The van der Waals surface area contributed by atoms with Crippen molar-refractivity contribution in [2.45, 2.75) is 26.4 Å². The van der Waals surface area contributed by atoms with Gasteiger partial charge in [0.05, 0.1) is 17.7 Å². The van der Waals surface area contributed by atoms with Gasteiger partial charge in [0.2, 0.25) is 5.89 Å². The largest absolute Gasteiger partial charge is 0.444 e. The van der Waals surface area contributed by atoms with Gasteiger partial charge in [0.1, 0.15) is 6.26 Å². The van der Waals surface area contributed by atoms with Gasteiger partial charge in [0.15, 0.2) is 0 Å². The molecule has 118 valence electrons. The van der Waals surface area contributed by atoms with Crippen molar-refractivity contribution in [3.8, 4) is 11.5 Å². The van der Waals surface area contributed by atoms with Gasteiger partial charge in [-0.15, -0.1) is 0 Å². The quantitative estimate of drug-likeness (QED) is 0.746. The molecule has 1 aliphatic rings. The fourth-order valence-corrected chi connectivity index (χ4v) is 3.08. The monoisotopic (exact) mass is 308 g/mol. The Hall–Kier alpha value is -2.40. The summed E-state index contributed by atoms with van der Waals surface area (Å²) < 4.78 is 7.77. The maximum Gasteiger partial charge on any atom is 0.226 e. The fourth-order valence-electron chi connectivity index (χ4n) is 3.08. The average molecular weight is 308 g/mol. The number of imidazole rings is 1. The van der Waals surface area contributed by atoms with Crippen molar-refractivity contribution in [3.05, 3.63) is 59.5 Å². The molecule has 0 atom stereocenters. The third kappa shape index (κ3) is 2.80. The molecule has 0 amide bonds. The number of nitrogens with zero attached hydrogens (tertiary/aromatic N) is 4. The van der Waals surface area contributed by atoms with Crippen molar-refractivity contribution in [1.29, 1.82) is 0 Å². The number of hydrogen-bond donors (Lipinski definition) is 0. The van der Waals surface area contributed by atoms with Crippen molar-refractivity contribution in [3.63, 3.8) is 0 Å². The van der Waals surface area contributed by atoms with E-state index >= 15 is 0 Å². The number of fused-ring (bicyclic) bond motifs is 1. The number of benzene rings is 1.